The molecule has 0 saturated heterocycles. The minimum Gasteiger partial charge on any atom is -0.394 e. The number of amides is 2. The van der Waals surface area contributed by atoms with Crippen LogP contribution in [0.2, 0.25) is 0 Å². The normalized spacial score (nSPS) is 11.9. The van der Waals surface area contributed by atoms with Crippen LogP contribution in [0.3, 0.4) is 0 Å². The van der Waals surface area contributed by atoms with E-state index < -0.39 is 18.6 Å². The van der Waals surface area contributed by atoms with E-state index in [0.717, 1.165) is 5.56 Å². The molecular weight excluding hydrogens is 334 g/mol. The molecule has 0 aliphatic heterocycles. The van der Waals surface area contributed by atoms with Crippen molar-refractivity contribution in [1.29, 1.82) is 0 Å². The Hall–Kier alpha value is -3.26. The van der Waals surface area contributed by atoms with Gasteiger partial charge in [0.05, 0.1) is 6.61 Å². The fourth-order valence-corrected chi connectivity index (χ4v) is 2.61. The van der Waals surface area contributed by atoms with Crippen LogP contribution in [0.1, 0.15) is 15.9 Å². The number of hydrogen-bond donors (Lipinski definition) is 3. The molecule has 0 spiro atoms. The molecule has 0 saturated carbocycles. The molecule has 1 unspecified atom stereocenters. The molecule has 1 aromatic heterocycles. The summed E-state index contributed by atoms with van der Waals surface area (Å²) in [5, 5.41) is 22.5. The Balaban J connectivity index is 1.67. The number of H-pyrrole nitrogens is 1. The van der Waals surface area contributed by atoms with Gasteiger partial charge in [0.25, 0.3) is 5.91 Å². The molecule has 1 heterocycles. The van der Waals surface area contributed by atoms with E-state index in [1.54, 1.807) is 25.2 Å². The van der Waals surface area contributed by atoms with E-state index in [1.165, 1.54) is 4.90 Å². The number of nitrogens with one attached hydrogen (secondary N) is 2. The van der Waals surface area contributed by atoms with Crippen molar-refractivity contribution in [1.82, 2.24) is 25.6 Å². The van der Waals surface area contributed by atoms with Crippen LogP contribution in [0, 0.1) is 0 Å². The monoisotopic (exact) mass is 353 g/mol. The minimum atomic E-state index is -1.02. The molecule has 8 heteroatoms. The molecule has 0 bridgehead atoms. The van der Waals surface area contributed by atoms with Gasteiger partial charge in [0.2, 0.25) is 5.91 Å². The number of aliphatic hydroxyl groups is 1. The lowest BCUT2D eigenvalue weighted by Crippen LogP contribution is -2.49. The molecule has 134 valence electrons. The third-order valence-electron chi connectivity index (χ3n) is 4.00. The predicted octanol–water partition coefficient (Wildman–Crippen LogP) is 0.707. The van der Waals surface area contributed by atoms with Crippen molar-refractivity contribution in [3.63, 3.8) is 0 Å². The second-order valence-electron chi connectivity index (χ2n) is 5.92. The molecule has 0 aliphatic carbocycles. The van der Waals surface area contributed by atoms with Gasteiger partial charge in [-0.15, -0.1) is 0 Å². The van der Waals surface area contributed by atoms with Gasteiger partial charge in [0.15, 0.2) is 0 Å². The summed E-state index contributed by atoms with van der Waals surface area (Å²) in [4.78, 5) is 26.4. The molecule has 2 aromatic carbocycles. The highest BCUT2D eigenvalue weighted by Gasteiger charge is 2.24. The molecule has 3 rings (SSSR count). The predicted molar refractivity (Wildman–Crippen MR) is 95.1 cm³/mol. The second-order valence-corrected chi connectivity index (χ2v) is 5.92. The number of aromatic nitrogens is 3. The second kappa shape index (κ2) is 7.75. The van der Waals surface area contributed by atoms with Crippen molar-refractivity contribution in [3.05, 3.63) is 59.7 Å². The minimum absolute atomic E-state index is 0.336. The maximum Gasteiger partial charge on any atom is 0.252 e. The Morgan fingerprint density at radius 3 is 2.62 bits per heavy atom. The van der Waals surface area contributed by atoms with E-state index in [0.29, 0.717) is 23.1 Å². The SMILES string of the molecule is CN(Cc1ccccc1)C(=O)C(CO)NC(=O)c1ccc2n[nH]nc2c1. The number of carbonyl (C=O) groups excluding carboxylic acids is 2. The van der Waals surface area contributed by atoms with Crippen molar-refractivity contribution in [3.8, 4) is 0 Å². The van der Waals surface area contributed by atoms with Crippen LogP contribution >= 0.6 is 0 Å². The van der Waals surface area contributed by atoms with Crippen molar-refractivity contribution in [2.24, 2.45) is 0 Å². The summed E-state index contributed by atoms with van der Waals surface area (Å²) in [6.07, 6.45) is 0. The number of likely N-dealkylation sites (N-methyl/N-ethyl adjacent to an activating group) is 1. The first-order valence-corrected chi connectivity index (χ1v) is 8.09. The number of nitrogens with zero attached hydrogens (tertiary/aromatic N) is 3. The number of carbonyl (C=O) groups is 2. The summed E-state index contributed by atoms with van der Waals surface area (Å²) in [7, 11) is 1.63. The summed E-state index contributed by atoms with van der Waals surface area (Å²) in [5.41, 5.74) is 2.48. The van der Waals surface area contributed by atoms with E-state index in [2.05, 4.69) is 20.7 Å². The molecule has 3 aromatic rings. The molecule has 26 heavy (non-hydrogen) atoms. The van der Waals surface area contributed by atoms with Gasteiger partial charge in [0.1, 0.15) is 17.1 Å². The number of hydrogen-bond acceptors (Lipinski definition) is 5. The van der Waals surface area contributed by atoms with Crippen LogP contribution < -0.4 is 5.32 Å². The molecule has 3 N–H and O–H groups in total. The van der Waals surface area contributed by atoms with E-state index in [9.17, 15) is 14.7 Å². The summed E-state index contributed by atoms with van der Waals surface area (Å²) in [6, 6.07) is 13.3. The number of benzene rings is 2. The zero-order valence-corrected chi connectivity index (χ0v) is 14.2. The zero-order chi connectivity index (χ0) is 18.5. The average Bonchev–Trinajstić information content (AvgIpc) is 3.14. The van der Waals surface area contributed by atoms with E-state index in [1.807, 2.05) is 30.3 Å². The molecular formula is C18H19N5O3. The molecule has 2 amide bonds. The van der Waals surface area contributed by atoms with Gasteiger partial charge in [-0.05, 0) is 23.8 Å². The largest absolute Gasteiger partial charge is 0.394 e. The van der Waals surface area contributed by atoms with Crippen LogP contribution in [0.4, 0.5) is 0 Å². The maximum absolute atomic E-state index is 12.5. The van der Waals surface area contributed by atoms with Crippen LogP contribution in [0.5, 0.6) is 0 Å². The van der Waals surface area contributed by atoms with Crippen molar-refractivity contribution in [2.75, 3.05) is 13.7 Å². The van der Waals surface area contributed by atoms with E-state index in [4.69, 9.17) is 0 Å². The van der Waals surface area contributed by atoms with Gasteiger partial charge < -0.3 is 15.3 Å². The lowest BCUT2D eigenvalue weighted by molar-refractivity contribution is -0.133. The first-order chi connectivity index (χ1) is 12.6. The third-order valence-corrected chi connectivity index (χ3v) is 4.00. The number of aromatic amines is 1. The van der Waals surface area contributed by atoms with Gasteiger partial charge in [-0.1, -0.05) is 30.3 Å². The Labute approximate surface area is 149 Å². The molecule has 0 fully saturated rings. The lowest BCUT2D eigenvalue weighted by atomic mass is 10.1. The Kier molecular flexibility index (Phi) is 5.23. The van der Waals surface area contributed by atoms with Crippen molar-refractivity contribution in [2.45, 2.75) is 12.6 Å². The number of aliphatic hydroxyl groups excluding tert-OH is 1. The Bertz CT molecular complexity index is 909. The van der Waals surface area contributed by atoms with Crippen LogP contribution in [-0.4, -0.2) is 56.9 Å². The highest BCUT2D eigenvalue weighted by atomic mass is 16.3. The maximum atomic E-state index is 12.5. The van der Waals surface area contributed by atoms with Crippen LogP contribution in [0.15, 0.2) is 48.5 Å². The molecule has 8 nitrogen and oxygen atoms in total. The average molecular weight is 353 g/mol. The number of fused-ring (bicyclic) bond motifs is 1. The third kappa shape index (κ3) is 3.86. The quantitative estimate of drug-likeness (QED) is 0.604. The van der Waals surface area contributed by atoms with Crippen molar-refractivity contribution < 1.29 is 14.7 Å². The summed E-state index contributed by atoms with van der Waals surface area (Å²) in [5.74, 6) is -0.831. The first-order valence-electron chi connectivity index (χ1n) is 8.09. The Morgan fingerprint density at radius 2 is 1.88 bits per heavy atom. The smallest absolute Gasteiger partial charge is 0.252 e. The molecule has 1 atom stereocenters. The van der Waals surface area contributed by atoms with E-state index >= 15 is 0 Å². The van der Waals surface area contributed by atoms with Crippen molar-refractivity contribution >= 4 is 22.8 Å². The summed E-state index contributed by atoms with van der Waals surface area (Å²) < 4.78 is 0. The topological polar surface area (TPSA) is 111 Å². The van der Waals surface area contributed by atoms with Gasteiger partial charge >= 0.3 is 0 Å². The Morgan fingerprint density at radius 1 is 1.15 bits per heavy atom. The van der Waals surface area contributed by atoms with Gasteiger partial charge in [0, 0.05) is 19.2 Å². The first kappa shape index (κ1) is 17.6. The van der Waals surface area contributed by atoms with Gasteiger partial charge in [-0.2, -0.15) is 15.4 Å². The van der Waals surface area contributed by atoms with Gasteiger partial charge in [-0.25, -0.2) is 0 Å². The van der Waals surface area contributed by atoms with Crippen LogP contribution in [0.25, 0.3) is 11.0 Å². The zero-order valence-electron chi connectivity index (χ0n) is 14.2. The lowest BCUT2D eigenvalue weighted by Gasteiger charge is -2.23. The van der Waals surface area contributed by atoms with Gasteiger partial charge in [-0.3, -0.25) is 9.59 Å². The fraction of sp³-hybridized carbons (Fsp3) is 0.222. The standard InChI is InChI=1S/C18H19N5O3/c1-23(10-12-5-3-2-4-6-12)18(26)16(11-24)19-17(25)13-7-8-14-15(9-13)21-22-20-14/h2-9,16,24H,10-11H2,1H3,(H,19,25)(H,20,21,22). The summed E-state index contributed by atoms with van der Waals surface area (Å²) >= 11 is 0. The highest BCUT2D eigenvalue weighted by molar-refractivity contribution is 5.99. The molecule has 0 aliphatic rings. The highest BCUT2D eigenvalue weighted by Crippen LogP contribution is 2.11. The summed E-state index contributed by atoms with van der Waals surface area (Å²) in [6.45, 7) is -0.104. The van der Waals surface area contributed by atoms with E-state index in [-0.39, 0.29) is 5.91 Å². The van der Waals surface area contributed by atoms with Crippen LogP contribution in [-0.2, 0) is 11.3 Å². The number of rotatable bonds is 6. The molecule has 0 radical (unpaired) electrons. The fourth-order valence-electron chi connectivity index (χ4n) is 2.61.